The minimum absolute atomic E-state index is 0.117. The zero-order valence-electron chi connectivity index (χ0n) is 17.5. The van der Waals surface area contributed by atoms with E-state index in [9.17, 15) is 13.5 Å². The zero-order valence-corrected chi connectivity index (χ0v) is 19.2. The second-order valence-electron chi connectivity index (χ2n) is 5.91. The molecule has 0 saturated carbocycles. The third kappa shape index (κ3) is 4.89. The van der Waals surface area contributed by atoms with Gasteiger partial charge in [0.15, 0.2) is 35.6 Å². The molecule has 0 aliphatic heterocycles. The Balaban J connectivity index is 0.000000204. The number of nitrogens with one attached hydrogen (secondary N) is 2. The predicted octanol–water partition coefficient (Wildman–Crippen LogP) is 4.42. The molecular formula is C20H23FN6O2S2. The number of benzene rings is 1. The van der Waals surface area contributed by atoms with Crippen LogP contribution in [-0.4, -0.2) is 44.6 Å². The Bertz CT molecular complexity index is 1200. The maximum Gasteiger partial charge on any atom is 0.188 e. The first-order chi connectivity index (χ1) is 15.1. The topological polar surface area (TPSA) is 106 Å². The molecular weight excluding hydrogens is 439 g/mol. The summed E-state index contributed by atoms with van der Waals surface area (Å²) in [5.74, 6) is 0. The van der Waals surface area contributed by atoms with Crippen LogP contribution in [-0.2, 0) is 13.6 Å². The van der Waals surface area contributed by atoms with Crippen LogP contribution in [0.15, 0.2) is 24.4 Å². The Hall–Kier alpha value is -2.89. The SMILES string of the molecule is CC.CNCc1cccc2c1cnn2SF.Cn1c(C=O)c(C=N)c2sc(C=O)nc21. The third-order valence-corrected chi connectivity index (χ3v) is 5.71. The first-order valence-corrected chi connectivity index (χ1v) is 10.9. The number of carbonyl (C=O) groups excluding carboxylic acids is 2. The molecule has 4 rings (SSSR count). The molecule has 0 unspecified atom stereocenters. The number of aldehydes is 2. The summed E-state index contributed by atoms with van der Waals surface area (Å²) in [4.78, 5) is 25.4. The van der Waals surface area contributed by atoms with Gasteiger partial charge in [0.25, 0.3) is 0 Å². The molecule has 0 atom stereocenters. The van der Waals surface area contributed by atoms with Crippen LogP contribution < -0.4 is 5.32 Å². The fraction of sp³-hybridized carbons (Fsp3) is 0.250. The summed E-state index contributed by atoms with van der Waals surface area (Å²) in [7, 11) is 3.57. The first kappa shape index (κ1) is 24.4. The van der Waals surface area contributed by atoms with Crippen LogP contribution in [0.25, 0.3) is 21.3 Å². The van der Waals surface area contributed by atoms with Crippen LogP contribution >= 0.6 is 23.7 Å². The monoisotopic (exact) mass is 462 g/mol. The van der Waals surface area contributed by atoms with E-state index >= 15 is 0 Å². The van der Waals surface area contributed by atoms with Gasteiger partial charge in [0.2, 0.25) is 0 Å². The average Bonchev–Trinajstić information content (AvgIpc) is 3.49. The minimum Gasteiger partial charge on any atom is -0.325 e. The molecule has 164 valence electrons. The summed E-state index contributed by atoms with van der Waals surface area (Å²) in [6, 6.07) is 5.77. The Morgan fingerprint density at radius 3 is 2.61 bits per heavy atom. The van der Waals surface area contributed by atoms with Crippen molar-refractivity contribution in [2.75, 3.05) is 7.05 Å². The zero-order chi connectivity index (χ0) is 23.0. The van der Waals surface area contributed by atoms with E-state index in [0.29, 0.717) is 39.2 Å². The highest BCUT2D eigenvalue weighted by Crippen LogP contribution is 2.28. The molecule has 0 fully saturated rings. The number of hydrogen-bond acceptors (Lipinski definition) is 8. The molecule has 0 aliphatic rings. The van der Waals surface area contributed by atoms with Gasteiger partial charge in [-0.3, -0.25) is 9.59 Å². The van der Waals surface area contributed by atoms with Crippen LogP contribution in [0, 0.1) is 5.41 Å². The van der Waals surface area contributed by atoms with Crippen molar-refractivity contribution in [1.29, 1.82) is 5.41 Å². The van der Waals surface area contributed by atoms with Crippen LogP contribution in [0.1, 0.15) is 45.3 Å². The lowest BCUT2D eigenvalue weighted by Gasteiger charge is -2.01. The number of hydrogen-bond donors (Lipinski definition) is 2. The van der Waals surface area contributed by atoms with Crippen molar-refractivity contribution in [2.24, 2.45) is 7.05 Å². The molecule has 0 aliphatic carbocycles. The second-order valence-corrected chi connectivity index (χ2v) is 7.42. The summed E-state index contributed by atoms with van der Waals surface area (Å²) in [6.07, 6.45) is 4.15. The quantitative estimate of drug-likeness (QED) is 0.325. The second kappa shape index (κ2) is 11.5. The molecule has 8 nitrogen and oxygen atoms in total. The van der Waals surface area contributed by atoms with Gasteiger partial charge in [0.05, 0.1) is 22.1 Å². The molecule has 3 aromatic heterocycles. The van der Waals surface area contributed by atoms with E-state index in [2.05, 4.69) is 15.4 Å². The lowest BCUT2D eigenvalue weighted by atomic mass is 10.1. The number of rotatable bonds is 6. The normalized spacial score (nSPS) is 10.2. The number of nitrogens with zero attached hydrogens (tertiary/aromatic N) is 4. The van der Waals surface area contributed by atoms with Gasteiger partial charge in [-0.05, 0) is 18.7 Å². The van der Waals surface area contributed by atoms with Gasteiger partial charge in [-0.15, -0.1) is 15.2 Å². The van der Waals surface area contributed by atoms with Gasteiger partial charge in [0.1, 0.15) is 0 Å². The molecule has 0 saturated heterocycles. The van der Waals surface area contributed by atoms with E-state index in [-0.39, 0.29) is 12.3 Å². The first-order valence-electron chi connectivity index (χ1n) is 9.38. The Morgan fingerprint density at radius 1 is 1.29 bits per heavy atom. The van der Waals surface area contributed by atoms with Gasteiger partial charge in [-0.1, -0.05) is 26.0 Å². The highest BCUT2D eigenvalue weighted by molar-refractivity contribution is 7.92. The van der Waals surface area contributed by atoms with Gasteiger partial charge >= 0.3 is 0 Å². The number of thiazole rings is 1. The highest BCUT2D eigenvalue weighted by atomic mass is 32.2. The van der Waals surface area contributed by atoms with Crippen molar-refractivity contribution < 1.29 is 13.5 Å². The number of aryl methyl sites for hydroxylation is 1. The lowest BCUT2D eigenvalue weighted by Crippen LogP contribution is -2.04. The van der Waals surface area contributed by atoms with Crippen LogP contribution in [0.5, 0.6) is 0 Å². The number of fused-ring (bicyclic) bond motifs is 2. The number of aromatic nitrogens is 4. The number of carbonyl (C=O) groups is 2. The highest BCUT2D eigenvalue weighted by Gasteiger charge is 2.17. The van der Waals surface area contributed by atoms with Crippen molar-refractivity contribution in [3.63, 3.8) is 0 Å². The fourth-order valence-electron chi connectivity index (χ4n) is 2.96. The molecule has 3 heterocycles. The molecule has 1 aromatic carbocycles. The molecule has 0 spiro atoms. The third-order valence-electron chi connectivity index (χ3n) is 4.29. The van der Waals surface area contributed by atoms with Crippen molar-refractivity contribution in [1.82, 2.24) is 24.1 Å². The van der Waals surface area contributed by atoms with Crippen molar-refractivity contribution >= 4 is 63.7 Å². The molecule has 31 heavy (non-hydrogen) atoms. The van der Waals surface area contributed by atoms with Gasteiger partial charge in [-0.2, -0.15) is 9.19 Å². The van der Waals surface area contributed by atoms with E-state index in [0.717, 1.165) is 29.2 Å². The van der Waals surface area contributed by atoms with Crippen LogP contribution in [0.3, 0.4) is 0 Å². The van der Waals surface area contributed by atoms with Gasteiger partial charge in [0, 0.05) is 30.8 Å². The minimum atomic E-state index is 0.117. The summed E-state index contributed by atoms with van der Waals surface area (Å²) in [5.41, 5.74) is 3.45. The van der Waals surface area contributed by atoms with E-state index in [4.69, 9.17) is 5.41 Å². The molecule has 0 radical (unpaired) electrons. The summed E-state index contributed by atoms with van der Waals surface area (Å²) >= 11 is 1.31. The van der Waals surface area contributed by atoms with Crippen LogP contribution in [0.2, 0.25) is 0 Å². The molecule has 4 aromatic rings. The fourth-order valence-corrected chi connectivity index (χ4v) is 4.21. The van der Waals surface area contributed by atoms with Gasteiger partial charge < -0.3 is 15.3 Å². The molecule has 0 amide bonds. The smallest absolute Gasteiger partial charge is 0.188 e. The summed E-state index contributed by atoms with van der Waals surface area (Å²) in [5, 5.41) is 15.6. The maximum absolute atomic E-state index is 12.4. The van der Waals surface area contributed by atoms with Gasteiger partial charge in [-0.25, -0.2) is 4.98 Å². The van der Waals surface area contributed by atoms with Crippen molar-refractivity contribution in [3.05, 3.63) is 46.2 Å². The largest absolute Gasteiger partial charge is 0.325 e. The van der Waals surface area contributed by atoms with E-state index < -0.39 is 0 Å². The molecule has 2 N–H and O–H groups in total. The molecule has 11 heteroatoms. The van der Waals surface area contributed by atoms with Crippen molar-refractivity contribution in [3.8, 4) is 0 Å². The summed E-state index contributed by atoms with van der Waals surface area (Å²) in [6.45, 7) is 4.76. The Labute approximate surface area is 187 Å². The Kier molecular flexibility index (Phi) is 9.03. The standard InChI is InChI=1S/C9H10FN3S.C9H7N3O2S.C2H6/c1-11-5-7-3-2-4-9-8(7)6-12-13(9)14-10;1-12-6(3-13)5(2-10)8-9(12)11-7(4-14)15-8;1-2/h2-4,6,11H,5H2,1H3;2-4,10H,1H3;1-2H3. The van der Waals surface area contributed by atoms with Crippen molar-refractivity contribution in [2.45, 2.75) is 20.4 Å². The number of halogens is 1. The average molecular weight is 463 g/mol. The predicted molar refractivity (Wildman–Crippen MR) is 125 cm³/mol. The van der Waals surface area contributed by atoms with E-state index in [1.54, 1.807) is 17.8 Å². The van der Waals surface area contributed by atoms with E-state index in [1.807, 2.05) is 39.1 Å². The van der Waals surface area contributed by atoms with E-state index in [1.165, 1.54) is 15.4 Å². The maximum atomic E-state index is 12.4. The Morgan fingerprint density at radius 2 is 2.03 bits per heavy atom. The lowest BCUT2D eigenvalue weighted by molar-refractivity contribution is 0.111. The van der Waals surface area contributed by atoms with Crippen LogP contribution in [0.4, 0.5) is 3.89 Å². The molecule has 0 bridgehead atoms. The summed E-state index contributed by atoms with van der Waals surface area (Å²) < 4.78 is 16.0.